The SMILES string of the molecule is CCc1nc2nc(C)c(Br)n2[nH]1. The number of imidazole rings is 1. The van der Waals surface area contributed by atoms with Gasteiger partial charge in [0.2, 0.25) is 0 Å². The fourth-order valence-corrected chi connectivity index (χ4v) is 1.44. The Balaban J connectivity index is 2.71. The van der Waals surface area contributed by atoms with Crippen molar-refractivity contribution in [2.75, 3.05) is 0 Å². The third-order valence-corrected chi connectivity index (χ3v) is 2.70. The number of hydrogen-bond acceptors (Lipinski definition) is 2. The normalized spacial score (nSPS) is 11.2. The van der Waals surface area contributed by atoms with Crippen LogP contribution in [0.4, 0.5) is 0 Å². The van der Waals surface area contributed by atoms with Gasteiger partial charge < -0.3 is 0 Å². The third kappa shape index (κ3) is 0.964. The Labute approximate surface area is 78.1 Å². The quantitative estimate of drug-likeness (QED) is 0.808. The number of hydrogen-bond donors (Lipinski definition) is 1. The smallest absolute Gasteiger partial charge is 0.251 e. The van der Waals surface area contributed by atoms with Crippen LogP contribution >= 0.6 is 15.9 Å². The van der Waals surface area contributed by atoms with Gasteiger partial charge in [-0.25, -0.2) is 9.50 Å². The van der Waals surface area contributed by atoms with Gasteiger partial charge in [-0.3, -0.25) is 5.10 Å². The fraction of sp³-hybridized carbons (Fsp3) is 0.429. The van der Waals surface area contributed by atoms with Crippen LogP contribution in [0.15, 0.2) is 4.60 Å². The molecule has 0 saturated carbocycles. The third-order valence-electron chi connectivity index (χ3n) is 1.77. The second-order valence-corrected chi connectivity index (χ2v) is 3.40. The molecule has 2 rings (SSSR count). The first kappa shape index (κ1) is 7.79. The monoisotopic (exact) mass is 228 g/mol. The summed E-state index contributed by atoms with van der Waals surface area (Å²) < 4.78 is 2.79. The van der Waals surface area contributed by atoms with Gasteiger partial charge in [-0.1, -0.05) is 6.92 Å². The first-order valence-electron chi connectivity index (χ1n) is 3.81. The number of nitrogens with one attached hydrogen (secondary N) is 1. The van der Waals surface area contributed by atoms with E-state index in [0.717, 1.165) is 28.3 Å². The molecule has 0 aliphatic rings. The lowest BCUT2D eigenvalue weighted by atomic mass is 10.5. The van der Waals surface area contributed by atoms with E-state index in [9.17, 15) is 0 Å². The van der Waals surface area contributed by atoms with Gasteiger partial charge in [0.1, 0.15) is 10.4 Å². The summed E-state index contributed by atoms with van der Waals surface area (Å²) in [6.07, 6.45) is 0.898. The van der Waals surface area contributed by atoms with E-state index < -0.39 is 0 Å². The van der Waals surface area contributed by atoms with Crippen molar-refractivity contribution >= 4 is 21.7 Å². The summed E-state index contributed by atoms with van der Waals surface area (Å²) in [7, 11) is 0. The predicted octanol–water partition coefficient (Wildman–Crippen LogP) is 1.69. The zero-order valence-corrected chi connectivity index (χ0v) is 8.51. The molecule has 2 aromatic heterocycles. The lowest BCUT2D eigenvalue weighted by molar-refractivity contribution is 0.874. The van der Waals surface area contributed by atoms with E-state index in [0.29, 0.717) is 0 Å². The molecule has 0 spiro atoms. The molecule has 0 saturated heterocycles. The van der Waals surface area contributed by atoms with Crippen LogP contribution in [-0.2, 0) is 6.42 Å². The Hall–Kier alpha value is -0.840. The van der Waals surface area contributed by atoms with E-state index in [4.69, 9.17) is 0 Å². The maximum atomic E-state index is 4.28. The molecule has 64 valence electrons. The summed E-state index contributed by atoms with van der Waals surface area (Å²) in [5.41, 5.74) is 0.955. The molecule has 12 heavy (non-hydrogen) atoms. The van der Waals surface area contributed by atoms with Crippen LogP contribution in [0.1, 0.15) is 18.4 Å². The summed E-state index contributed by atoms with van der Waals surface area (Å²) in [5, 5.41) is 3.13. The standard InChI is InChI=1S/C7H9BrN4/c1-3-5-10-7-9-4(2)6(8)12(7)11-5/h3H2,1-2H3,(H,9,10,11). The van der Waals surface area contributed by atoms with Gasteiger partial charge in [0, 0.05) is 6.42 Å². The van der Waals surface area contributed by atoms with Gasteiger partial charge >= 0.3 is 0 Å². The Morgan fingerprint density at radius 3 is 2.83 bits per heavy atom. The largest absolute Gasteiger partial charge is 0.277 e. The van der Waals surface area contributed by atoms with E-state index in [1.165, 1.54) is 0 Å². The Morgan fingerprint density at radius 2 is 2.25 bits per heavy atom. The minimum atomic E-state index is 0.733. The van der Waals surface area contributed by atoms with Crippen LogP contribution in [0.5, 0.6) is 0 Å². The highest BCUT2D eigenvalue weighted by atomic mass is 79.9. The van der Waals surface area contributed by atoms with Crippen LogP contribution in [0.2, 0.25) is 0 Å². The number of aromatic nitrogens is 4. The minimum absolute atomic E-state index is 0.733. The maximum Gasteiger partial charge on any atom is 0.251 e. The van der Waals surface area contributed by atoms with Crippen molar-refractivity contribution in [3.8, 4) is 0 Å². The highest BCUT2D eigenvalue weighted by molar-refractivity contribution is 9.10. The lowest BCUT2D eigenvalue weighted by Gasteiger charge is -1.87. The number of aromatic amines is 1. The zero-order valence-electron chi connectivity index (χ0n) is 6.93. The maximum absolute atomic E-state index is 4.28. The van der Waals surface area contributed by atoms with Gasteiger partial charge in [-0.15, -0.1) is 0 Å². The molecule has 0 aromatic carbocycles. The van der Waals surface area contributed by atoms with Crippen LogP contribution in [0.25, 0.3) is 5.78 Å². The number of rotatable bonds is 1. The number of fused-ring (bicyclic) bond motifs is 1. The Kier molecular flexibility index (Phi) is 1.68. The summed E-state index contributed by atoms with van der Waals surface area (Å²) in [6.45, 7) is 4.00. The molecule has 0 unspecified atom stereocenters. The Bertz CT molecular complexity index is 414. The minimum Gasteiger partial charge on any atom is -0.277 e. The molecular weight excluding hydrogens is 220 g/mol. The van der Waals surface area contributed by atoms with Crippen molar-refractivity contribution in [3.05, 3.63) is 16.1 Å². The van der Waals surface area contributed by atoms with Crippen molar-refractivity contribution < 1.29 is 0 Å². The number of aryl methyl sites for hydroxylation is 2. The average Bonchev–Trinajstić information content (AvgIpc) is 2.55. The molecule has 0 fully saturated rings. The first-order valence-corrected chi connectivity index (χ1v) is 4.61. The molecular formula is C7H9BrN4. The molecule has 0 amide bonds. The predicted molar refractivity (Wildman–Crippen MR) is 49.2 cm³/mol. The van der Waals surface area contributed by atoms with E-state index in [-0.39, 0.29) is 0 Å². The van der Waals surface area contributed by atoms with Crippen molar-refractivity contribution in [1.82, 2.24) is 19.6 Å². The molecule has 0 aliphatic heterocycles. The van der Waals surface area contributed by atoms with Gasteiger partial charge in [-0.2, -0.15) is 4.98 Å². The second kappa shape index (κ2) is 2.58. The molecule has 2 heterocycles. The highest BCUT2D eigenvalue weighted by Gasteiger charge is 2.08. The van der Waals surface area contributed by atoms with E-state index >= 15 is 0 Å². The second-order valence-electron chi connectivity index (χ2n) is 2.65. The van der Waals surface area contributed by atoms with E-state index in [1.54, 1.807) is 0 Å². The van der Waals surface area contributed by atoms with Crippen LogP contribution in [0, 0.1) is 6.92 Å². The van der Waals surface area contributed by atoms with Crippen molar-refractivity contribution in [1.29, 1.82) is 0 Å². The molecule has 0 radical (unpaired) electrons. The summed E-state index contributed by atoms with van der Waals surface area (Å²) in [5.74, 6) is 1.69. The summed E-state index contributed by atoms with van der Waals surface area (Å²) in [4.78, 5) is 8.53. The lowest BCUT2D eigenvalue weighted by Crippen LogP contribution is -1.87. The zero-order chi connectivity index (χ0) is 8.72. The van der Waals surface area contributed by atoms with E-state index in [1.807, 2.05) is 11.4 Å². The summed E-state index contributed by atoms with van der Waals surface area (Å²) in [6, 6.07) is 0. The van der Waals surface area contributed by atoms with Gasteiger partial charge in [0.05, 0.1) is 5.69 Å². The van der Waals surface area contributed by atoms with Crippen LogP contribution in [0.3, 0.4) is 0 Å². The molecule has 2 aromatic rings. The van der Waals surface area contributed by atoms with Crippen molar-refractivity contribution in [2.45, 2.75) is 20.3 Å². The molecule has 0 atom stereocenters. The number of nitrogens with zero attached hydrogens (tertiary/aromatic N) is 3. The first-order chi connectivity index (χ1) is 5.72. The van der Waals surface area contributed by atoms with Crippen molar-refractivity contribution in [2.24, 2.45) is 0 Å². The van der Waals surface area contributed by atoms with Gasteiger partial charge in [0.15, 0.2) is 0 Å². The molecule has 0 bridgehead atoms. The molecule has 5 heteroatoms. The van der Waals surface area contributed by atoms with Gasteiger partial charge in [0.25, 0.3) is 5.78 Å². The molecule has 1 N–H and O–H groups in total. The number of H-pyrrole nitrogens is 1. The van der Waals surface area contributed by atoms with Crippen LogP contribution < -0.4 is 0 Å². The van der Waals surface area contributed by atoms with E-state index in [2.05, 4.69) is 37.9 Å². The highest BCUT2D eigenvalue weighted by Crippen LogP contribution is 2.16. The number of halogens is 1. The Morgan fingerprint density at radius 1 is 1.50 bits per heavy atom. The van der Waals surface area contributed by atoms with Crippen LogP contribution in [-0.4, -0.2) is 19.6 Å². The average molecular weight is 229 g/mol. The summed E-state index contributed by atoms with van der Waals surface area (Å²) >= 11 is 3.42. The molecule has 0 aliphatic carbocycles. The fourth-order valence-electron chi connectivity index (χ4n) is 1.10. The molecule has 4 nitrogen and oxygen atoms in total. The topological polar surface area (TPSA) is 46.0 Å². The van der Waals surface area contributed by atoms with Crippen molar-refractivity contribution in [3.63, 3.8) is 0 Å². The van der Waals surface area contributed by atoms with Gasteiger partial charge in [-0.05, 0) is 22.9 Å².